The van der Waals surface area contributed by atoms with Gasteiger partial charge in [0.2, 0.25) is 0 Å². The number of hydrogen-bond acceptors (Lipinski definition) is 3. The number of anilines is 1. The summed E-state index contributed by atoms with van der Waals surface area (Å²) in [5.74, 6) is 0.281. The van der Waals surface area contributed by atoms with Crippen LogP contribution in [0.2, 0.25) is 0 Å². The lowest BCUT2D eigenvalue weighted by atomic mass is 10.0. The Kier molecular flexibility index (Phi) is 2.74. The number of nitrogens with one attached hydrogen (secondary N) is 1. The van der Waals surface area contributed by atoms with Crippen LogP contribution in [0.1, 0.15) is 33.9 Å². The van der Waals surface area contributed by atoms with Crippen LogP contribution in [0.4, 0.5) is 5.82 Å². The van der Waals surface area contributed by atoms with Crippen molar-refractivity contribution in [2.45, 2.75) is 19.4 Å². The molecule has 0 aliphatic carbocycles. The lowest BCUT2D eigenvalue weighted by Gasteiger charge is -2.26. The minimum atomic E-state index is -0.446. The van der Waals surface area contributed by atoms with Crippen molar-refractivity contribution in [3.05, 3.63) is 47.2 Å². The van der Waals surface area contributed by atoms with Gasteiger partial charge in [0.25, 0.3) is 5.91 Å². The summed E-state index contributed by atoms with van der Waals surface area (Å²) in [6, 6.07) is 8.53. The first-order chi connectivity index (χ1) is 9.16. The van der Waals surface area contributed by atoms with E-state index < -0.39 is 5.91 Å². The molecule has 1 atom stereocenters. The van der Waals surface area contributed by atoms with Gasteiger partial charge in [-0.1, -0.05) is 29.8 Å². The summed E-state index contributed by atoms with van der Waals surface area (Å²) in [6.07, 6.45) is 2.48. The van der Waals surface area contributed by atoms with E-state index in [1.54, 1.807) is 6.20 Å². The molecule has 1 aliphatic rings. The van der Waals surface area contributed by atoms with Gasteiger partial charge in [-0.3, -0.25) is 4.79 Å². The molecule has 98 valence electrons. The van der Waals surface area contributed by atoms with Crippen molar-refractivity contribution in [1.29, 1.82) is 0 Å². The fraction of sp³-hybridized carbons (Fsp3) is 0.286. The molecular formula is C14H16N4O. The third-order valence-corrected chi connectivity index (χ3v) is 3.49. The molecule has 19 heavy (non-hydrogen) atoms. The Morgan fingerprint density at radius 3 is 3.11 bits per heavy atom. The summed E-state index contributed by atoms with van der Waals surface area (Å²) in [6.45, 7) is 2.88. The SMILES string of the molecule is Cc1cccc(C2CCNc3c(C(N)=O)cnn32)c1. The van der Waals surface area contributed by atoms with Crippen molar-refractivity contribution in [3.63, 3.8) is 0 Å². The Morgan fingerprint density at radius 1 is 1.53 bits per heavy atom. The van der Waals surface area contributed by atoms with Crippen molar-refractivity contribution in [3.8, 4) is 0 Å². The molecular weight excluding hydrogens is 240 g/mol. The normalized spacial score (nSPS) is 17.6. The molecule has 5 nitrogen and oxygen atoms in total. The first-order valence-corrected chi connectivity index (χ1v) is 6.34. The predicted molar refractivity (Wildman–Crippen MR) is 73.2 cm³/mol. The number of fused-ring (bicyclic) bond motifs is 1. The van der Waals surface area contributed by atoms with Gasteiger partial charge in [0.1, 0.15) is 11.4 Å². The van der Waals surface area contributed by atoms with Crippen molar-refractivity contribution in [2.24, 2.45) is 5.73 Å². The summed E-state index contributed by atoms with van der Waals surface area (Å²) in [5.41, 5.74) is 8.25. The van der Waals surface area contributed by atoms with E-state index in [-0.39, 0.29) is 6.04 Å². The Labute approximate surface area is 111 Å². The van der Waals surface area contributed by atoms with E-state index in [4.69, 9.17) is 5.73 Å². The van der Waals surface area contributed by atoms with Gasteiger partial charge < -0.3 is 11.1 Å². The number of primary amides is 1. The van der Waals surface area contributed by atoms with E-state index in [1.165, 1.54) is 11.1 Å². The molecule has 1 aromatic heterocycles. The monoisotopic (exact) mass is 256 g/mol. The van der Waals surface area contributed by atoms with E-state index in [1.807, 2.05) is 10.7 Å². The molecule has 2 heterocycles. The van der Waals surface area contributed by atoms with Gasteiger partial charge in [0, 0.05) is 6.54 Å². The van der Waals surface area contributed by atoms with Crippen LogP contribution in [-0.2, 0) is 0 Å². The number of hydrogen-bond donors (Lipinski definition) is 2. The summed E-state index contributed by atoms with van der Waals surface area (Å²) in [4.78, 5) is 11.4. The van der Waals surface area contributed by atoms with Crippen molar-refractivity contribution < 1.29 is 4.79 Å². The predicted octanol–water partition coefficient (Wildman–Crippen LogP) is 1.70. The number of aryl methyl sites for hydroxylation is 1. The summed E-state index contributed by atoms with van der Waals surface area (Å²) in [7, 11) is 0. The molecule has 3 rings (SSSR count). The van der Waals surface area contributed by atoms with Crippen LogP contribution in [0, 0.1) is 6.92 Å². The van der Waals surface area contributed by atoms with E-state index >= 15 is 0 Å². The molecule has 0 fully saturated rings. The maximum atomic E-state index is 11.4. The third kappa shape index (κ3) is 1.97. The van der Waals surface area contributed by atoms with Crippen LogP contribution in [0.25, 0.3) is 0 Å². The molecule has 0 spiro atoms. The second-order valence-electron chi connectivity index (χ2n) is 4.86. The second kappa shape index (κ2) is 4.42. The first-order valence-electron chi connectivity index (χ1n) is 6.34. The third-order valence-electron chi connectivity index (χ3n) is 3.49. The Morgan fingerprint density at radius 2 is 2.37 bits per heavy atom. The summed E-state index contributed by atoms with van der Waals surface area (Å²) in [5, 5.41) is 7.53. The molecule has 2 aromatic rings. The van der Waals surface area contributed by atoms with Crippen LogP contribution in [0.5, 0.6) is 0 Å². The lowest BCUT2D eigenvalue weighted by Crippen LogP contribution is -2.26. The highest BCUT2D eigenvalue weighted by molar-refractivity contribution is 5.97. The number of carbonyl (C=O) groups excluding carboxylic acids is 1. The molecule has 5 heteroatoms. The van der Waals surface area contributed by atoms with E-state index in [0.717, 1.165) is 18.8 Å². The number of carbonyl (C=O) groups is 1. The van der Waals surface area contributed by atoms with Gasteiger partial charge in [-0.2, -0.15) is 5.10 Å². The Bertz CT molecular complexity index is 632. The fourth-order valence-electron chi connectivity index (χ4n) is 2.59. The van der Waals surface area contributed by atoms with Crippen molar-refractivity contribution in [2.75, 3.05) is 11.9 Å². The molecule has 0 bridgehead atoms. The quantitative estimate of drug-likeness (QED) is 0.858. The molecule has 3 N–H and O–H groups in total. The fourth-order valence-corrected chi connectivity index (χ4v) is 2.59. The van der Waals surface area contributed by atoms with E-state index in [0.29, 0.717) is 5.56 Å². The maximum absolute atomic E-state index is 11.4. The highest BCUT2D eigenvalue weighted by Crippen LogP contribution is 2.31. The Balaban J connectivity index is 2.06. The smallest absolute Gasteiger partial charge is 0.254 e. The van der Waals surface area contributed by atoms with Crippen LogP contribution in [0.3, 0.4) is 0 Å². The number of benzene rings is 1. The van der Waals surface area contributed by atoms with Crippen molar-refractivity contribution >= 4 is 11.7 Å². The summed E-state index contributed by atoms with van der Waals surface area (Å²) >= 11 is 0. The van der Waals surface area contributed by atoms with E-state index in [2.05, 4.69) is 35.5 Å². The highest BCUT2D eigenvalue weighted by Gasteiger charge is 2.25. The molecule has 1 amide bonds. The average Bonchev–Trinajstić information content (AvgIpc) is 2.82. The zero-order valence-electron chi connectivity index (χ0n) is 10.8. The minimum absolute atomic E-state index is 0.157. The molecule has 0 radical (unpaired) electrons. The molecule has 0 saturated heterocycles. The van der Waals surface area contributed by atoms with E-state index in [9.17, 15) is 4.79 Å². The Hall–Kier alpha value is -2.30. The molecule has 1 aromatic carbocycles. The number of aromatic nitrogens is 2. The zero-order valence-corrected chi connectivity index (χ0v) is 10.8. The number of nitrogens with two attached hydrogens (primary N) is 1. The molecule has 1 aliphatic heterocycles. The largest absolute Gasteiger partial charge is 0.369 e. The second-order valence-corrected chi connectivity index (χ2v) is 4.86. The van der Waals surface area contributed by atoms with Crippen LogP contribution in [0.15, 0.2) is 30.5 Å². The van der Waals surface area contributed by atoms with Gasteiger partial charge in [-0.05, 0) is 18.9 Å². The minimum Gasteiger partial charge on any atom is -0.369 e. The highest BCUT2D eigenvalue weighted by atomic mass is 16.1. The van der Waals surface area contributed by atoms with Crippen LogP contribution >= 0.6 is 0 Å². The van der Waals surface area contributed by atoms with Gasteiger partial charge in [-0.25, -0.2) is 4.68 Å². The van der Waals surface area contributed by atoms with Gasteiger partial charge in [0.05, 0.1) is 12.2 Å². The zero-order chi connectivity index (χ0) is 13.4. The lowest BCUT2D eigenvalue weighted by molar-refractivity contribution is 0.100. The van der Waals surface area contributed by atoms with Gasteiger partial charge in [-0.15, -0.1) is 0 Å². The van der Waals surface area contributed by atoms with Crippen molar-refractivity contribution in [1.82, 2.24) is 9.78 Å². The summed E-state index contributed by atoms with van der Waals surface area (Å²) < 4.78 is 1.86. The number of amides is 1. The maximum Gasteiger partial charge on any atom is 0.254 e. The van der Waals surface area contributed by atoms with Gasteiger partial charge in [0.15, 0.2) is 0 Å². The van der Waals surface area contributed by atoms with Crippen LogP contribution in [-0.4, -0.2) is 22.2 Å². The number of rotatable bonds is 2. The first kappa shape index (κ1) is 11.8. The molecule has 1 unspecified atom stereocenters. The standard InChI is InChI=1S/C14H16N4O/c1-9-3-2-4-10(7-9)12-5-6-16-14-11(13(15)19)8-17-18(12)14/h2-4,7-8,12,16H,5-6H2,1H3,(H2,15,19). The average molecular weight is 256 g/mol. The molecule has 0 saturated carbocycles. The topological polar surface area (TPSA) is 72.9 Å². The van der Waals surface area contributed by atoms with Gasteiger partial charge >= 0.3 is 0 Å². The van der Waals surface area contributed by atoms with Crippen LogP contribution < -0.4 is 11.1 Å². The number of nitrogens with zero attached hydrogens (tertiary/aromatic N) is 2.